The average molecular weight is 428 g/mol. The van der Waals surface area contributed by atoms with Crippen molar-refractivity contribution in [1.82, 2.24) is 29.9 Å². The summed E-state index contributed by atoms with van der Waals surface area (Å²) >= 11 is 2.71. The number of fused-ring (bicyclic) bond motifs is 3. The van der Waals surface area contributed by atoms with Crippen molar-refractivity contribution in [3.63, 3.8) is 0 Å². The van der Waals surface area contributed by atoms with Crippen LogP contribution in [0.5, 0.6) is 0 Å². The molecule has 3 aromatic heterocycles. The molecule has 0 aliphatic carbocycles. The summed E-state index contributed by atoms with van der Waals surface area (Å²) in [5.74, 6) is 0.145. The van der Waals surface area contributed by atoms with E-state index >= 15 is 0 Å². The van der Waals surface area contributed by atoms with Crippen molar-refractivity contribution in [2.45, 2.75) is 43.5 Å². The van der Waals surface area contributed by atoms with E-state index in [1.807, 2.05) is 56.7 Å². The molecule has 0 saturated carbocycles. The number of aromatic nitrogens is 6. The monoisotopic (exact) mass is 427 g/mol. The molecule has 8 nitrogen and oxygen atoms in total. The van der Waals surface area contributed by atoms with Crippen LogP contribution >= 0.6 is 23.1 Å². The van der Waals surface area contributed by atoms with Crippen molar-refractivity contribution in [2.24, 2.45) is 7.05 Å². The van der Waals surface area contributed by atoms with Gasteiger partial charge in [0.25, 0.3) is 0 Å². The van der Waals surface area contributed by atoms with E-state index in [0.717, 1.165) is 27.1 Å². The summed E-state index contributed by atoms with van der Waals surface area (Å²) in [5.41, 5.74) is 2.57. The highest BCUT2D eigenvalue weighted by Gasteiger charge is 2.22. The number of anilines is 1. The van der Waals surface area contributed by atoms with E-state index < -0.39 is 0 Å². The number of carbonyl (C=O) groups is 1. The molecule has 1 atom stereocenters. The molecule has 0 unspecified atom stereocenters. The van der Waals surface area contributed by atoms with Crippen molar-refractivity contribution in [3.8, 4) is 0 Å². The Morgan fingerprint density at radius 2 is 2.00 bits per heavy atom. The molecular weight excluding hydrogens is 406 g/mol. The zero-order valence-electron chi connectivity index (χ0n) is 16.6. The SMILES string of the molecule is CC[C@@H](Sc1nnc2c3ccccc3n(C)c2n1)C(=O)Nc1nnc(C(C)C)s1. The third-order valence-electron chi connectivity index (χ3n) is 4.56. The Labute approximate surface area is 176 Å². The van der Waals surface area contributed by atoms with Crippen LogP contribution in [0.4, 0.5) is 5.13 Å². The Bertz CT molecular complexity index is 1180. The Morgan fingerprint density at radius 1 is 1.21 bits per heavy atom. The van der Waals surface area contributed by atoms with Crippen molar-refractivity contribution in [2.75, 3.05) is 5.32 Å². The molecule has 0 radical (unpaired) electrons. The van der Waals surface area contributed by atoms with Crippen LogP contribution in [0.1, 0.15) is 38.1 Å². The van der Waals surface area contributed by atoms with Gasteiger partial charge < -0.3 is 4.57 Å². The lowest BCUT2D eigenvalue weighted by Gasteiger charge is -2.11. The summed E-state index contributed by atoms with van der Waals surface area (Å²) in [6.07, 6.45) is 0.628. The van der Waals surface area contributed by atoms with Gasteiger partial charge in [-0.3, -0.25) is 10.1 Å². The molecule has 10 heteroatoms. The highest BCUT2D eigenvalue weighted by molar-refractivity contribution is 8.00. The molecule has 1 aromatic carbocycles. The predicted octanol–water partition coefficient (Wildman–Crippen LogP) is 4.00. The second kappa shape index (κ2) is 8.03. The molecule has 0 spiro atoms. The van der Waals surface area contributed by atoms with E-state index in [1.165, 1.54) is 23.1 Å². The minimum Gasteiger partial charge on any atom is -0.327 e. The van der Waals surface area contributed by atoms with Gasteiger partial charge in [0.2, 0.25) is 16.2 Å². The Balaban J connectivity index is 1.55. The molecule has 1 N–H and O–H groups in total. The number of nitrogens with one attached hydrogen (secondary N) is 1. The molecule has 0 aliphatic rings. The fraction of sp³-hybridized carbons (Fsp3) is 0.368. The van der Waals surface area contributed by atoms with Crippen molar-refractivity contribution in [3.05, 3.63) is 29.3 Å². The van der Waals surface area contributed by atoms with Gasteiger partial charge in [-0.15, -0.1) is 20.4 Å². The first-order valence-electron chi connectivity index (χ1n) is 9.36. The molecule has 3 heterocycles. The van der Waals surface area contributed by atoms with Gasteiger partial charge in [0.15, 0.2) is 5.65 Å². The van der Waals surface area contributed by atoms with E-state index in [4.69, 9.17) is 0 Å². The number of aryl methyl sites for hydroxylation is 1. The maximum atomic E-state index is 12.7. The van der Waals surface area contributed by atoms with Gasteiger partial charge in [0.1, 0.15) is 10.5 Å². The van der Waals surface area contributed by atoms with Gasteiger partial charge in [0.05, 0.1) is 10.8 Å². The largest absolute Gasteiger partial charge is 0.327 e. The van der Waals surface area contributed by atoms with Crippen LogP contribution in [0.2, 0.25) is 0 Å². The lowest BCUT2D eigenvalue weighted by atomic mass is 10.2. The number of hydrogen-bond acceptors (Lipinski definition) is 8. The smallest absolute Gasteiger partial charge is 0.239 e. The fourth-order valence-corrected chi connectivity index (χ4v) is 4.56. The van der Waals surface area contributed by atoms with Gasteiger partial charge in [-0.25, -0.2) is 4.98 Å². The predicted molar refractivity (Wildman–Crippen MR) is 116 cm³/mol. The molecule has 4 rings (SSSR count). The topological polar surface area (TPSA) is 98.5 Å². The lowest BCUT2D eigenvalue weighted by molar-refractivity contribution is -0.115. The highest BCUT2D eigenvalue weighted by Crippen LogP contribution is 2.29. The van der Waals surface area contributed by atoms with E-state index in [-0.39, 0.29) is 17.1 Å². The number of benzene rings is 1. The third-order valence-corrected chi connectivity index (χ3v) is 6.92. The van der Waals surface area contributed by atoms with Gasteiger partial charge in [-0.2, -0.15) is 0 Å². The van der Waals surface area contributed by atoms with Crippen LogP contribution in [-0.4, -0.2) is 41.1 Å². The average Bonchev–Trinajstić information content (AvgIpc) is 3.30. The van der Waals surface area contributed by atoms with Crippen LogP contribution in [0.3, 0.4) is 0 Å². The number of amides is 1. The molecular formula is C19H21N7OS2. The van der Waals surface area contributed by atoms with E-state index in [0.29, 0.717) is 16.7 Å². The first-order valence-corrected chi connectivity index (χ1v) is 11.1. The van der Waals surface area contributed by atoms with Gasteiger partial charge in [-0.1, -0.05) is 62.1 Å². The molecule has 0 aliphatic heterocycles. The number of thioether (sulfide) groups is 1. The second-order valence-electron chi connectivity index (χ2n) is 6.95. The summed E-state index contributed by atoms with van der Waals surface area (Å²) in [6.45, 7) is 6.05. The van der Waals surface area contributed by atoms with Crippen LogP contribution in [-0.2, 0) is 11.8 Å². The number of rotatable bonds is 6. The van der Waals surface area contributed by atoms with Gasteiger partial charge >= 0.3 is 0 Å². The molecule has 0 bridgehead atoms. The van der Waals surface area contributed by atoms with E-state index in [9.17, 15) is 4.79 Å². The Kier molecular flexibility index (Phi) is 5.46. The lowest BCUT2D eigenvalue weighted by Crippen LogP contribution is -2.24. The Hall–Kier alpha value is -2.59. The van der Waals surface area contributed by atoms with Crippen LogP contribution in [0.15, 0.2) is 29.4 Å². The zero-order chi connectivity index (χ0) is 20.5. The van der Waals surface area contributed by atoms with E-state index in [2.05, 4.69) is 30.7 Å². The zero-order valence-corrected chi connectivity index (χ0v) is 18.2. The normalized spacial score (nSPS) is 12.7. The summed E-state index contributed by atoms with van der Waals surface area (Å²) in [7, 11) is 1.96. The third kappa shape index (κ3) is 3.82. The highest BCUT2D eigenvalue weighted by atomic mass is 32.2. The molecule has 29 heavy (non-hydrogen) atoms. The number of hydrogen-bond donors (Lipinski definition) is 1. The maximum absolute atomic E-state index is 12.7. The summed E-state index contributed by atoms with van der Waals surface area (Å²) in [6, 6.07) is 8.00. The van der Waals surface area contributed by atoms with Crippen LogP contribution in [0.25, 0.3) is 22.1 Å². The Morgan fingerprint density at radius 3 is 2.72 bits per heavy atom. The first-order chi connectivity index (χ1) is 14.0. The quantitative estimate of drug-likeness (QED) is 0.464. The maximum Gasteiger partial charge on any atom is 0.239 e. The van der Waals surface area contributed by atoms with Gasteiger partial charge in [0, 0.05) is 18.4 Å². The van der Waals surface area contributed by atoms with Gasteiger partial charge in [-0.05, 0) is 12.5 Å². The van der Waals surface area contributed by atoms with Crippen molar-refractivity contribution in [1.29, 1.82) is 0 Å². The molecule has 4 aromatic rings. The van der Waals surface area contributed by atoms with Crippen LogP contribution < -0.4 is 5.32 Å². The summed E-state index contributed by atoms with van der Waals surface area (Å²) in [5, 5.41) is 22.2. The molecule has 150 valence electrons. The van der Waals surface area contributed by atoms with E-state index in [1.54, 1.807) is 0 Å². The minimum absolute atomic E-state index is 0.135. The second-order valence-corrected chi connectivity index (χ2v) is 9.13. The van der Waals surface area contributed by atoms with Crippen molar-refractivity contribution >= 4 is 56.2 Å². The van der Waals surface area contributed by atoms with Crippen LogP contribution in [0, 0.1) is 0 Å². The first kappa shape index (κ1) is 19.7. The molecule has 0 fully saturated rings. The molecule has 1 amide bonds. The summed E-state index contributed by atoms with van der Waals surface area (Å²) in [4.78, 5) is 17.4. The minimum atomic E-state index is -0.352. The molecule has 0 saturated heterocycles. The number of para-hydroxylation sites is 1. The number of carbonyl (C=O) groups excluding carboxylic acids is 1. The standard InChI is InChI=1S/C19H21N7OS2/c1-5-13(16(27)21-19-25-23-17(29-19)10(2)3)28-18-20-15-14(22-24-18)11-8-6-7-9-12(11)26(15)4/h6-10,13H,5H2,1-4H3,(H,21,25,27)/t13-/m1/s1. The summed E-state index contributed by atoms with van der Waals surface area (Å²) < 4.78 is 2.00. The fourth-order valence-electron chi connectivity index (χ4n) is 3.00. The van der Waals surface area contributed by atoms with Crippen molar-refractivity contribution < 1.29 is 4.79 Å². The number of nitrogens with zero attached hydrogens (tertiary/aromatic N) is 6.